The van der Waals surface area contributed by atoms with Gasteiger partial charge in [-0.05, 0) is 31.1 Å². The summed E-state index contributed by atoms with van der Waals surface area (Å²) in [6.45, 7) is 11.1. The van der Waals surface area contributed by atoms with Gasteiger partial charge in [-0.15, -0.1) is 0 Å². The minimum atomic E-state index is -0.228. The fourth-order valence-corrected chi connectivity index (χ4v) is 1.87. The molecule has 0 aromatic heterocycles. The van der Waals surface area contributed by atoms with E-state index in [1.807, 2.05) is 0 Å². The highest BCUT2D eigenvalue weighted by Crippen LogP contribution is 2.21. The second-order valence-electron chi connectivity index (χ2n) is 6.01. The van der Waals surface area contributed by atoms with Gasteiger partial charge in [-0.25, -0.2) is 0 Å². The van der Waals surface area contributed by atoms with Gasteiger partial charge in [-0.2, -0.15) is 0 Å². The molecule has 0 saturated carbocycles. The molecule has 2 N–H and O–H groups in total. The third kappa shape index (κ3) is 4.40. The number of hydrogen-bond acceptors (Lipinski definition) is 3. The van der Waals surface area contributed by atoms with E-state index in [1.165, 1.54) is 0 Å². The summed E-state index contributed by atoms with van der Waals surface area (Å²) < 4.78 is 5.30. The van der Waals surface area contributed by atoms with E-state index in [4.69, 9.17) is 4.74 Å². The average Bonchev–Trinajstić information content (AvgIpc) is 2.25. The fraction of sp³-hybridized carbons (Fsp3) is 1.00. The summed E-state index contributed by atoms with van der Waals surface area (Å²) in [5.41, 5.74) is 0.245. The van der Waals surface area contributed by atoms with Crippen molar-refractivity contribution in [1.29, 1.82) is 0 Å². The van der Waals surface area contributed by atoms with Crippen molar-refractivity contribution in [2.45, 2.75) is 52.7 Å². The summed E-state index contributed by atoms with van der Waals surface area (Å²) >= 11 is 0. The maximum Gasteiger partial charge on any atom is 0.0694 e. The molecule has 3 heteroatoms. The molecule has 1 fully saturated rings. The van der Waals surface area contributed by atoms with Gasteiger partial charge < -0.3 is 15.2 Å². The molecule has 2 unspecified atom stereocenters. The molecular formula is C13H27NO2. The topological polar surface area (TPSA) is 41.5 Å². The molecule has 2 atom stereocenters. The summed E-state index contributed by atoms with van der Waals surface area (Å²) in [5, 5.41) is 13.5. The van der Waals surface area contributed by atoms with Gasteiger partial charge in [0.2, 0.25) is 0 Å². The van der Waals surface area contributed by atoms with E-state index < -0.39 is 0 Å². The van der Waals surface area contributed by atoms with Crippen LogP contribution in [0.4, 0.5) is 0 Å². The lowest BCUT2D eigenvalue weighted by molar-refractivity contribution is 0.00652. The smallest absolute Gasteiger partial charge is 0.0694 e. The summed E-state index contributed by atoms with van der Waals surface area (Å²) in [5.74, 6) is 0.411. The molecule has 0 aromatic rings. The maximum atomic E-state index is 10.1. The van der Waals surface area contributed by atoms with E-state index in [9.17, 15) is 5.11 Å². The van der Waals surface area contributed by atoms with E-state index in [0.717, 1.165) is 26.1 Å². The molecule has 0 spiro atoms. The Kier molecular flexibility index (Phi) is 5.22. The van der Waals surface area contributed by atoms with Gasteiger partial charge in [-0.3, -0.25) is 0 Å². The Morgan fingerprint density at radius 1 is 1.31 bits per heavy atom. The maximum absolute atomic E-state index is 10.1. The average molecular weight is 229 g/mol. The molecule has 96 valence electrons. The molecule has 0 aliphatic carbocycles. The van der Waals surface area contributed by atoms with Gasteiger partial charge >= 0.3 is 0 Å². The summed E-state index contributed by atoms with van der Waals surface area (Å²) in [6, 6.07) is 0.419. The van der Waals surface area contributed by atoms with Crippen molar-refractivity contribution < 1.29 is 9.84 Å². The van der Waals surface area contributed by atoms with Crippen molar-refractivity contribution >= 4 is 0 Å². The van der Waals surface area contributed by atoms with Crippen LogP contribution in [0.1, 0.15) is 40.5 Å². The SMILES string of the molecule is CC(NCC(O)C1CCOCC1)C(C)(C)C. The number of aliphatic hydroxyl groups excluding tert-OH is 1. The van der Waals surface area contributed by atoms with Crippen molar-refractivity contribution in [3.8, 4) is 0 Å². The molecule has 0 bridgehead atoms. The molecular weight excluding hydrogens is 202 g/mol. The summed E-state index contributed by atoms with van der Waals surface area (Å²) in [7, 11) is 0. The molecule has 1 aliphatic rings. The first-order chi connectivity index (χ1) is 7.41. The Balaban J connectivity index is 2.26. The van der Waals surface area contributed by atoms with E-state index >= 15 is 0 Å². The highest BCUT2D eigenvalue weighted by molar-refractivity contribution is 4.80. The third-order valence-electron chi connectivity index (χ3n) is 3.74. The molecule has 0 radical (unpaired) electrons. The monoisotopic (exact) mass is 229 g/mol. The highest BCUT2D eigenvalue weighted by atomic mass is 16.5. The summed E-state index contributed by atoms with van der Waals surface area (Å²) in [4.78, 5) is 0. The number of hydrogen-bond donors (Lipinski definition) is 2. The lowest BCUT2D eigenvalue weighted by Crippen LogP contribution is -2.44. The molecule has 1 saturated heterocycles. The number of nitrogens with one attached hydrogen (secondary N) is 1. The fourth-order valence-electron chi connectivity index (χ4n) is 1.87. The van der Waals surface area contributed by atoms with E-state index in [1.54, 1.807) is 0 Å². The van der Waals surface area contributed by atoms with Crippen LogP contribution < -0.4 is 5.32 Å². The van der Waals surface area contributed by atoms with Crippen LogP contribution in [0.15, 0.2) is 0 Å². The van der Waals surface area contributed by atoms with Crippen LogP contribution in [-0.4, -0.2) is 37.0 Å². The van der Waals surface area contributed by atoms with Crippen LogP contribution >= 0.6 is 0 Å². The van der Waals surface area contributed by atoms with Gasteiger partial charge in [0.05, 0.1) is 6.10 Å². The van der Waals surface area contributed by atoms with Crippen LogP contribution in [0.2, 0.25) is 0 Å². The van der Waals surface area contributed by atoms with Crippen molar-refractivity contribution in [2.24, 2.45) is 11.3 Å². The summed E-state index contributed by atoms with van der Waals surface area (Å²) in [6.07, 6.45) is 1.76. The van der Waals surface area contributed by atoms with E-state index in [2.05, 4.69) is 33.0 Å². The van der Waals surface area contributed by atoms with Crippen LogP contribution in [0.3, 0.4) is 0 Å². The van der Waals surface area contributed by atoms with E-state index in [0.29, 0.717) is 18.5 Å². The van der Waals surface area contributed by atoms with Gasteiger partial charge in [0, 0.05) is 25.8 Å². The minimum Gasteiger partial charge on any atom is -0.392 e. The predicted octanol–water partition coefficient (Wildman–Crippen LogP) is 1.80. The molecule has 0 aromatic carbocycles. The molecule has 1 heterocycles. The number of ether oxygens (including phenoxy) is 1. The zero-order valence-corrected chi connectivity index (χ0v) is 11.1. The second-order valence-corrected chi connectivity index (χ2v) is 6.01. The standard InChI is InChI=1S/C13H27NO2/c1-10(13(2,3)4)14-9-12(15)11-5-7-16-8-6-11/h10-12,14-15H,5-9H2,1-4H3. The van der Waals surface area contributed by atoms with Crippen molar-refractivity contribution in [3.63, 3.8) is 0 Å². The van der Waals surface area contributed by atoms with Crippen LogP contribution in [0.5, 0.6) is 0 Å². The van der Waals surface area contributed by atoms with Gasteiger partial charge in [0.25, 0.3) is 0 Å². The molecule has 1 aliphatic heterocycles. The molecule has 16 heavy (non-hydrogen) atoms. The molecule has 3 nitrogen and oxygen atoms in total. The van der Waals surface area contributed by atoms with Crippen LogP contribution in [-0.2, 0) is 4.74 Å². The first-order valence-corrected chi connectivity index (χ1v) is 6.40. The quantitative estimate of drug-likeness (QED) is 0.772. The number of aliphatic hydroxyl groups is 1. The Morgan fingerprint density at radius 2 is 1.88 bits per heavy atom. The van der Waals surface area contributed by atoms with Gasteiger partial charge in [0.1, 0.15) is 0 Å². The Morgan fingerprint density at radius 3 is 2.38 bits per heavy atom. The Hall–Kier alpha value is -0.120. The Bertz CT molecular complexity index is 195. The zero-order valence-electron chi connectivity index (χ0n) is 11.1. The van der Waals surface area contributed by atoms with Gasteiger partial charge in [-0.1, -0.05) is 20.8 Å². The Labute approximate surface area is 99.6 Å². The largest absolute Gasteiger partial charge is 0.392 e. The molecule has 0 amide bonds. The van der Waals surface area contributed by atoms with Crippen LogP contribution in [0, 0.1) is 11.3 Å². The van der Waals surface area contributed by atoms with E-state index in [-0.39, 0.29) is 11.5 Å². The molecule has 1 rings (SSSR count). The zero-order chi connectivity index (χ0) is 12.2. The first-order valence-electron chi connectivity index (χ1n) is 6.40. The van der Waals surface area contributed by atoms with Gasteiger partial charge in [0.15, 0.2) is 0 Å². The second kappa shape index (κ2) is 5.99. The lowest BCUT2D eigenvalue weighted by atomic mass is 9.87. The first kappa shape index (κ1) is 13.9. The normalized spacial score (nSPS) is 23.1. The van der Waals surface area contributed by atoms with Crippen molar-refractivity contribution in [2.75, 3.05) is 19.8 Å². The predicted molar refractivity (Wildman–Crippen MR) is 66.5 cm³/mol. The lowest BCUT2D eigenvalue weighted by Gasteiger charge is -2.32. The van der Waals surface area contributed by atoms with Crippen molar-refractivity contribution in [1.82, 2.24) is 5.32 Å². The third-order valence-corrected chi connectivity index (χ3v) is 3.74. The highest BCUT2D eigenvalue weighted by Gasteiger charge is 2.24. The minimum absolute atomic E-state index is 0.228. The number of rotatable bonds is 4. The van der Waals surface area contributed by atoms with Crippen LogP contribution in [0.25, 0.3) is 0 Å². The van der Waals surface area contributed by atoms with Crippen molar-refractivity contribution in [3.05, 3.63) is 0 Å².